The molecule has 1 atom stereocenters. The van der Waals surface area contributed by atoms with Crippen molar-refractivity contribution < 1.29 is 19.1 Å². The van der Waals surface area contributed by atoms with Crippen molar-refractivity contribution in [2.24, 2.45) is 0 Å². The summed E-state index contributed by atoms with van der Waals surface area (Å²) in [4.78, 5) is 29.3. The molecule has 11 heteroatoms. The standard InChI is InChI=1S/C25H33N7O4/c1-7-35-20-15-32-18(12-16(2)29-32)13-19(20)23(33)26-21-8-9-22(28-27-21)30-10-11-31(17(3)14-30)24(34)36-25(4,5)6/h8-9,12-13,15,17H,7,10-11,14H2,1-6H3,(H,26,27,33)/t17-/m0/s1. The number of carbonyl (C=O) groups excluding carboxylic acids is 2. The maximum atomic E-state index is 13.0. The zero-order chi connectivity index (χ0) is 26.0. The highest BCUT2D eigenvalue weighted by atomic mass is 16.6. The number of fused-ring (bicyclic) bond motifs is 1. The molecule has 0 saturated carbocycles. The van der Waals surface area contributed by atoms with E-state index in [2.05, 4.69) is 25.5 Å². The average Bonchev–Trinajstić information content (AvgIpc) is 3.16. The van der Waals surface area contributed by atoms with E-state index in [1.165, 1.54) is 0 Å². The predicted octanol–water partition coefficient (Wildman–Crippen LogP) is 3.53. The molecule has 0 spiro atoms. The van der Waals surface area contributed by atoms with Crippen LogP contribution in [0.1, 0.15) is 50.7 Å². The quantitative estimate of drug-likeness (QED) is 0.572. The lowest BCUT2D eigenvalue weighted by Gasteiger charge is -2.40. The number of pyridine rings is 1. The van der Waals surface area contributed by atoms with Gasteiger partial charge in [-0.05, 0) is 65.8 Å². The second kappa shape index (κ2) is 10.00. The number of carbonyl (C=O) groups is 2. The van der Waals surface area contributed by atoms with Crippen LogP contribution in [0.5, 0.6) is 5.75 Å². The van der Waals surface area contributed by atoms with Crippen LogP contribution in [-0.2, 0) is 4.74 Å². The van der Waals surface area contributed by atoms with Gasteiger partial charge in [-0.2, -0.15) is 5.10 Å². The Hall–Kier alpha value is -3.89. The van der Waals surface area contributed by atoms with E-state index < -0.39 is 5.60 Å². The van der Waals surface area contributed by atoms with Crippen LogP contribution in [0.4, 0.5) is 16.4 Å². The third-order valence-electron chi connectivity index (χ3n) is 5.70. The van der Waals surface area contributed by atoms with Gasteiger partial charge in [0, 0.05) is 25.7 Å². The molecule has 0 bridgehead atoms. The third kappa shape index (κ3) is 5.67. The summed E-state index contributed by atoms with van der Waals surface area (Å²) in [5, 5.41) is 15.7. The summed E-state index contributed by atoms with van der Waals surface area (Å²) in [7, 11) is 0. The number of aromatic nitrogens is 4. The first kappa shape index (κ1) is 25.2. The smallest absolute Gasteiger partial charge is 0.410 e. The van der Waals surface area contributed by atoms with E-state index in [1.54, 1.807) is 27.7 Å². The number of nitrogens with one attached hydrogen (secondary N) is 1. The molecular weight excluding hydrogens is 462 g/mol. The fourth-order valence-electron chi connectivity index (χ4n) is 4.10. The van der Waals surface area contributed by atoms with E-state index in [0.29, 0.717) is 49.2 Å². The van der Waals surface area contributed by atoms with Gasteiger partial charge >= 0.3 is 6.09 Å². The summed E-state index contributed by atoms with van der Waals surface area (Å²) in [6.45, 7) is 13.4. The predicted molar refractivity (Wildman–Crippen MR) is 136 cm³/mol. The van der Waals surface area contributed by atoms with Crippen molar-refractivity contribution in [2.45, 2.75) is 53.2 Å². The number of ether oxygens (including phenoxy) is 2. The third-order valence-corrected chi connectivity index (χ3v) is 5.70. The van der Waals surface area contributed by atoms with Crippen molar-refractivity contribution in [1.29, 1.82) is 0 Å². The van der Waals surface area contributed by atoms with Crippen LogP contribution < -0.4 is 15.0 Å². The molecule has 1 fully saturated rings. The van der Waals surface area contributed by atoms with E-state index in [-0.39, 0.29) is 18.0 Å². The molecular formula is C25H33N7O4. The van der Waals surface area contributed by atoms with Crippen molar-refractivity contribution in [1.82, 2.24) is 24.7 Å². The van der Waals surface area contributed by atoms with Gasteiger partial charge in [0.25, 0.3) is 5.91 Å². The SMILES string of the molecule is CCOc1cn2nc(C)cc2cc1C(=O)Nc1ccc(N2CCN(C(=O)OC(C)(C)C)[C@@H](C)C2)nn1. The van der Waals surface area contributed by atoms with Crippen LogP contribution in [0.3, 0.4) is 0 Å². The molecule has 0 unspecified atom stereocenters. The molecule has 192 valence electrons. The minimum atomic E-state index is -0.535. The fourth-order valence-corrected chi connectivity index (χ4v) is 4.10. The Balaban J connectivity index is 1.42. The molecule has 2 amide bonds. The lowest BCUT2D eigenvalue weighted by molar-refractivity contribution is 0.0158. The Kier molecular flexibility index (Phi) is 7.00. The molecule has 3 aromatic heterocycles. The highest BCUT2D eigenvalue weighted by molar-refractivity contribution is 6.06. The summed E-state index contributed by atoms with van der Waals surface area (Å²) >= 11 is 0. The summed E-state index contributed by atoms with van der Waals surface area (Å²) in [5.74, 6) is 1.10. The zero-order valence-corrected chi connectivity index (χ0v) is 21.6. The summed E-state index contributed by atoms with van der Waals surface area (Å²) < 4.78 is 12.9. The molecule has 4 heterocycles. The average molecular weight is 496 g/mol. The Labute approximate surface area is 210 Å². The molecule has 1 aliphatic heterocycles. The Morgan fingerprint density at radius 3 is 2.58 bits per heavy atom. The van der Waals surface area contributed by atoms with E-state index in [4.69, 9.17) is 9.47 Å². The monoisotopic (exact) mass is 495 g/mol. The molecule has 11 nitrogen and oxygen atoms in total. The molecule has 3 aromatic rings. The Bertz CT molecular complexity index is 1250. The lowest BCUT2D eigenvalue weighted by Crippen LogP contribution is -2.55. The van der Waals surface area contributed by atoms with Crippen molar-refractivity contribution >= 4 is 29.2 Å². The molecule has 4 rings (SSSR count). The number of aryl methyl sites for hydroxylation is 1. The van der Waals surface area contributed by atoms with E-state index in [9.17, 15) is 9.59 Å². The van der Waals surface area contributed by atoms with E-state index >= 15 is 0 Å². The van der Waals surface area contributed by atoms with Crippen molar-refractivity contribution in [3.63, 3.8) is 0 Å². The van der Waals surface area contributed by atoms with Crippen molar-refractivity contribution in [3.8, 4) is 5.75 Å². The Morgan fingerprint density at radius 2 is 1.94 bits per heavy atom. The van der Waals surface area contributed by atoms with Gasteiger partial charge in [0.15, 0.2) is 11.6 Å². The van der Waals surface area contributed by atoms with Crippen molar-refractivity contribution in [2.75, 3.05) is 36.5 Å². The molecule has 1 N–H and O–H groups in total. The first-order valence-corrected chi connectivity index (χ1v) is 12.1. The molecule has 0 radical (unpaired) electrons. The van der Waals surface area contributed by atoms with Crippen LogP contribution >= 0.6 is 0 Å². The van der Waals surface area contributed by atoms with Gasteiger partial charge in [0.2, 0.25) is 0 Å². The van der Waals surface area contributed by atoms with Crippen LogP contribution in [-0.4, -0.2) is 74.6 Å². The van der Waals surface area contributed by atoms with Gasteiger partial charge in [-0.25, -0.2) is 9.31 Å². The van der Waals surface area contributed by atoms with Gasteiger partial charge in [0.05, 0.1) is 29.6 Å². The summed E-state index contributed by atoms with van der Waals surface area (Å²) in [6, 6.07) is 7.12. The molecule has 1 aliphatic rings. The lowest BCUT2D eigenvalue weighted by atomic mass is 10.2. The van der Waals surface area contributed by atoms with Gasteiger partial charge in [0.1, 0.15) is 11.4 Å². The number of nitrogens with zero attached hydrogens (tertiary/aromatic N) is 6. The van der Waals surface area contributed by atoms with Crippen LogP contribution in [0.25, 0.3) is 5.52 Å². The number of amides is 2. The van der Waals surface area contributed by atoms with Gasteiger partial charge in [-0.1, -0.05) is 0 Å². The first-order valence-electron chi connectivity index (χ1n) is 12.1. The Morgan fingerprint density at radius 1 is 1.17 bits per heavy atom. The van der Waals surface area contributed by atoms with Gasteiger partial charge in [-0.15, -0.1) is 10.2 Å². The fraction of sp³-hybridized carbons (Fsp3) is 0.480. The maximum Gasteiger partial charge on any atom is 0.410 e. The van der Waals surface area contributed by atoms with Crippen LogP contribution in [0.2, 0.25) is 0 Å². The topological polar surface area (TPSA) is 114 Å². The molecule has 0 aliphatic carbocycles. The normalized spacial score (nSPS) is 16.2. The van der Waals surface area contributed by atoms with Crippen LogP contribution in [0.15, 0.2) is 30.5 Å². The number of piperazine rings is 1. The van der Waals surface area contributed by atoms with Crippen LogP contribution in [0, 0.1) is 6.92 Å². The zero-order valence-electron chi connectivity index (χ0n) is 21.6. The van der Waals surface area contributed by atoms with Crippen molar-refractivity contribution in [3.05, 3.63) is 41.7 Å². The van der Waals surface area contributed by atoms with E-state index in [0.717, 1.165) is 11.2 Å². The molecule has 0 aromatic carbocycles. The minimum Gasteiger partial charge on any atom is -0.491 e. The maximum absolute atomic E-state index is 13.0. The summed E-state index contributed by atoms with van der Waals surface area (Å²) in [5.41, 5.74) is 1.49. The molecule has 1 saturated heterocycles. The highest BCUT2D eigenvalue weighted by Gasteiger charge is 2.31. The number of hydrogen-bond donors (Lipinski definition) is 1. The molecule has 36 heavy (non-hydrogen) atoms. The number of hydrogen-bond acceptors (Lipinski definition) is 8. The van der Waals surface area contributed by atoms with Gasteiger partial charge < -0.3 is 24.6 Å². The largest absolute Gasteiger partial charge is 0.491 e. The van der Waals surface area contributed by atoms with E-state index in [1.807, 2.05) is 53.7 Å². The highest BCUT2D eigenvalue weighted by Crippen LogP contribution is 2.24. The second-order valence-corrected chi connectivity index (χ2v) is 9.84. The first-order chi connectivity index (χ1) is 17.0. The van der Waals surface area contributed by atoms with Gasteiger partial charge in [-0.3, -0.25) is 4.79 Å². The summed E-state index contributed by atoms with van der Waals surface area (Å²) in [6.07, 6.45) is 1.39. The second-order valence-electron chi connectivity index (χ2n) is 9.84. The minimum absolute atomic E-state index is 0.0473. The number of anilines is 2. The number of rotatable bonds is 5.